The highest BCUT2D eigenvalue weighted by molar-refractivity contribution is 7.91. The third-order valence-electron chi connectivity index (χ3n) is 3.49. The van der Waals surface area contributed by atoms with Crippen LogP contribution >= 0.6 is 22.7 Å². The molecule has 0 N–H and O–H groups in total. The Morgan fingerprint density at radius 3 is 2.86 bits per heavy atom. The van der Waals surface area contributed by atoms with Crippen LogP contribution in [-0.4, -0.2) is 48.8 Å². The van der Waals surface area contributed by atoms with Crippen LogP contribution in [0.3, 0.4) is 0 Å². The summed E-state index contributed by atoms with van der Waals surface area (Å²) in [5.41, 5.74) is 0.401. The maximum atomic E-state index is 12.4. The van der Waals surface area contributed by atoms with E-state index >= 15 is 0 Å². The molecule has 3 heterocycles. The number of carbonyl (C=O) groups is 1. The third-order valence-corrected chi connectivity index (χ3v) is 6.97. The summed E-state index contributed by atoms with van der Waals surface area (Å²) in [7, 11) is -3.09. The molecule has 1 aliphatic heterocycles. The first-order chi connectivity index (χ1) is 9.95. The molecule has 112 valence electrons. The highest BCUT2D eigenvalue weighted by Gasteiger charge is 2.33. The van der Waals surface area contributed by atoms with Crippen molar-refractivity contribution >= 4 is 38.4 Å². The fourth-order valence-corrected chi connectivity index (χ4v) is 4.90. The largest absolute Gasteiger partial charge is 0.336 e. The molecule has 0 saturated carbocycles. The number of amides is 1. The van der Waals surface area contributed by atoms with Crippen molar-refractivity contribution in [1.82, 2.24) is 9.88 Å². The third kappa shape index (κ3) is 3.02. The minimum atomic E-state index is -3.09. The second-order valence-corrected chi connectivity index (χ2v) is 9.14. The summed E-state index contributed by atoms with van der Waals surface area (Å²) in [6.45, 7) is 0.742. The van der Waals surface area contributed by atoms with E-state index in [1.54, 1.807) is 21.6 Å². The van der Waals surface area contributed by atoms with Gasteiger partial charge >= 0.3 is 0 Å². The fourth-order valence-electron chi connectivity index (χ4n) is 2.31. The van der Waals surface area contributed by atoms with Gasteiger partial charge < -0.3 is 4.90 Å². The smallest absolute Gasteiger partial charge is 0.273 e. The molecule has 2 aromatic rings. The molecule has 3 rings (SSSR count). The standard InChI is InChI=1S/C13H14N2O3S3/c1-21(17,18)9-4-5-15(7-9)13(16)10-8-20-12(14-10)11-3-2-6-19-11/h2-3,6,8-9H,4-5,7H2,1H3/t9-/m1/s1. The van der Waals surface area contributed by atoms with Crippen LogP contribution in [0.5, 0.6) is 0 Å². The molecule has 0 aliphatic carbocycles. The van der Waals surface area contributed by atoms with E-state index in [-0.39, 0.29) is 12.5 Å². The van der Waals surface area contributed by atoms with Gasteiger partial charge in [-0.05, 0) is 17.9 Å². The molecule has 1 atom stereocenters. The van der Waals surface area contributed by atoms with E-state index in [2.05, 4.69) is 4.98 Å². The van der Waals surface area contributed by atoms with Gasteiger partial charge in [0.2, 0.25) is 0 Å². The lowest BCUT2D eigenvalue weighted by molar-refractivity contribution is 0.0788. The molecule has 21 heavy (non-hydrogen) atoms. The van der Waals surface area contributed by atoms with Crippen LogP contribution in [0.1, 0.15) is 16.9 Å². The quantitative estimate of drug-likeness (QED) is 0.857. The Morgan fingerprint density at radius 1 is 1.43 bits per heavy atom. The van der Waals surface area contributed by atoms with Gasteiger partial charge in [0.1, 0.15) is 10.7 Å². The fraction of sp³-hybridized carbons (Fsp3) is 0.385. The Morgan fingerprint density at radius 2 is 2.24 bits per heavy atom. The highest BCUT2D eigenvalue weighted by atomic mass is 32.2. The Labute approximate surface area is 131 Å². The number of nitrogens with zero attached hydrogens (tertiary/aromatic N) is 2. The average Bonchev–Trinajstić information content (AvgIpc) is 3.17. The van der Waals surface area contributed by atoms with Gasteiger partial charge in [-0.1, -0.05) is 6.07 Å². The number of carbonyl (C=O) groups excluding carboxylic acids is 1. The molecule has 0 spiro atoms. The summed E-state index contributed by atoms with van der Waals surface area (Å²) in [6.07, 6.45) is 1.73. The van der Waals surface area contributed by atoms with E-state index in [0.29, 0.717) is 18.7 Å². The summed E-state index contributed by atoms with van der Waals surface area (Å²) in [5, 5.41) is 4.09. The summed E-state index contributed by atoms with van der Waals surface area (Å²) in [5.74, 6) is -0.180. The number of thiazole rings is 1. The van der Waals surface area contributed by atoms with Crippen LogP contribution < -0.4 is 0 Å². The van der Waals surface area contributed by atoms with E-state index < -0.39 is 15.1 Å². The van der Waals surface area contributed by atoms with Crippen LogP contribution in [-0.2, 0) is 9.84 Å². The zero-order valence-corrected chi connectivity index (χ0v) is 13.8. The number of hydrogen-bond acceptors (Lipinski definition) is 6. The lowest BCUT2D eigenvalue weighted by Gasteiger charge is -2.14. The van der Waals surface area contributed by atoms with Gasteiger partial charge in [-0.3, -0.25) is 4.79 Å². The number of likely N-dealkylation sites (tertiary alicyclic amines) is 1. The van der Waals surface area contributed by atoms with Crippen LogP contribution in [0.15, 0.2) is 22.9 Å². The molecule has 0 bridgehead atoms. The molecular weight excluding hydrogens is 328 g/mol. The van der Waals surface area contributed by atoms with E-state index in [0.717, 1.165) is 9.88 Å². The van der Waals surface area contributed by atoms with Crippen molar-refractivity contribution in [1.29, 1.82) is 0 Å². The molecule has 1 saturated heterocycles. The van der Waals surface area contributed by atoms with Crippen LogP contribution in [0.25, 0.3) is 9.88 Å². The monoisotopic (exact) mass is 342 g/mol. The van der Waals surface area contributed by atoms with Crippen molar-refractivity contribution in [3.63, 3.8) is 0 Å². The van der Waals surface area contributed by atoms with Gasteiger partial charge in [0.15, 0.2) is 9.84 Å². The summed E-state index contributed by atoms with van der Waals surface area (Å²) in [4.78, 5) is 19.4. The number of thiophene rings is 1. The summed E-state index contributed by atoms with van der Waals surface area (Å²) < 4.78 is 23.1. The molecular formula is C13H14N2O3S3. The second kappa shape index (κ2) is 5.51. The summed E-state index contributed by atoms with van der Waals surface area (Å²) >= 11 is 3.02. The maximum Gasteiger partial charge on any atom is 0.273 e. The van der Waals surface area contributed by atoms with E-state index in [1.165, 1.54) is 17.6 Å². The Bertz CT molecular complexity index is 749. The number of rotatable bonds is 3. The van der Waals surface area contributed by atoms with E-state index in [4.69, 9.17) is 0 Å². The van der Waals surface area contributed by atoms with Gasteiger partial charge in [0, 0.05) is 24.7 Å². The van der Waals surface area contributed by atoms with Gasteiger partial charge in [-0.25, -0.2) is 13.4 Å². The molecule has 1 fully saturated rings. The lowest BCUT2D eigenvalue weighted by atomic mass is 10.4. The maximum absolute atomic E-state index is 12.4. The van der Waals surface area contributed by atoms with E-state index in [1.807, 2.05) is 17.5 Å². The lowest BCUT2D eigenvalue weighted by Crippen LogP contribution is -2.31. The van der Waals surface area contributed by atoms with Crippen molar-refractivity contribution in [3.05, 3.63) is 28.6 Å². The van der Waals surface area contributed by atoms with Crippen LogP contribution in [0.2, 0.25) is 0 Å². The second-order valence-electron chi connectivity index (χ2n) is 5.01. The minimum Gasteiger partial charge on any atom is -0.336 e. The predicted octanol–water partition coefficient (Wildman–Crippen LogP) is 2.13. The van der Waals surface area contributed by atoms with Crippen molar-refractivity contribution < 1.29 is 13.2 Å². The topological polar surface area (TPSA) is 67.3 Å². The first-order valence-electron chi connectivity index (χ1n) is 6.42. The molecule has 0 unspecified atom stereocenters. The van der Waals surface area contributed by atoms with Crippen molar-refractivity contribution in [2.75, 3.05) is 19.3 Å². The highest BCUT2D eigenvalue weighted by Crippen LogP contribution is 2.28. The van der Waals surface area contributed by atoms with Gasteiger partial charge in [-0.2, -0.15) is 0 Å². The molecule has 0 radical (unpaired) electrons. The normalized spacial score (nSPS) is 19.1. The SMILES string of the molecule is CS(=O)(=O)[C@@H]1CCN(C(=O)c2csc(-c3cccs3)n2)C1. The molecule has 1 amide bonds. The number of hydrogen-bond donors (Lipinski definition) is 0. The van der Waals surface area contributed by atoms with Gasteiger partial charge in [0.25, 0.3) is 5.91 Å². The first-order valence-corrected chi connectivity index (χ1v) is 10.1. The molecule has 5 nitrogen and oxygen atoms in total. The number of sulfone groups is 1. The van der Waals surface area contributed by atoms with Crippen molar-refractivity contribution in [2.24, 2.45) is 0 Å². The van der Waals surface area contributed by atoms with Crippen molar-refractivity contribution in [2.45, 2.75) is 11.7 Å². The average molecular weight is 342 g/mol. The predicted molar refractivity (Wildman–Crippen MR) is 84.6 cm³/mol. The first kappa shape index (κ1) is 14.7. The van der Waals surface area contributed by atoms with Crippen LogP contribution in [0, 0.1) is 0 Å². The van der Waals surface area contributed by atoms with E-state index in [9.17, 15) is 13.2 Å². The van der Waals surface area contributed by atoms with Gasteiger partial charge in [-0.15, -0.1) is 22.7 Å². The zero-order valence-electron chi connectivity index (χ0n) is 11.4. The number of aromatic nitrogens is 1. The Kier molecular flexibility index (Phi) is 3.85. The minimum absolute atomic E-state index is 0.180. The molecule has 8 heteroatoms. The molecule has 1 aliphatic rings. The Hall–Kier alpha value is -1.25. The van der Waals surface area contributed by atoms with Crippen LogP contribution in [0.4, 0.5) is 0 Å². The Balaban J connectivity index is 1.75. The molecule has 2 aromatic heterocycles. The van der Waals surface area contributed by atoms with Gasteiger partial charge in [0.05, 0.1) is 10.1 Å². The molecule has 0 aromatic carbocycles. The zero-order chi connectivity index (χ0) is 15.0. The summed E-state index contributed by atoms with van der Waals surface area (Å²) in [6, 6.07) is 3.91. The van der Waals surface area contributed by atoms with Crippen molar-refractivity contribution in [3.8, 4) is 9.88 Å².